The fourth-order valence-electron chi connectivity index (χ4n) is 3.17. The molecule has 3 rings (SSSR count). The molecule has 8 nitrogen and oxygen atoms in total. The Kier molecular flexibility index (Phi) is 5.36. The number of hydrogen-bond donors (Lipinski definition) is 1. The molecule has 9 heteroatoms. The quantitative estimate of drug-likeness (QED) is 0.807. The first-order valence-corrected chi connectivity index (χ1v) is 10.2. The number of aliphatic hydroxyl groups excluding tert-OH is 1. The van der Waals surface area contributed by atoms with Crippen LogP contribution in [0, 0.1) is 5.92 Å². The molecule has 1 aromatic carbocycles. The summed E-state index contributed by atoms with van der Waals surface area (Å²) in [4.78, 5) is 12.8. The molecule has 2 atom stereocenters. The van der Waals surface area contributed by atoms with Crippen LogP contribution in [0.25, 0.3) is 5.69 Å². The van der Waals surface area contributed by atoms with E-state index in [1.54, 1.807) is 24.3 Å². The number of carbonyl (C=O) groups excluding carboxylic acids is 1. The summed E-state index contributed by atoms with van der Waals surface area (Å²) in [6.45, 7) is 4.03. The van der Waals surface area contributed by atoms with Gasteiger partial charge in [-0.25, -0.2) is 4.68 Å². The number of carbonyl (C=O) groups is 1. The zero-order valence-corrected chi connectivity index (χ0v) is 16.4. The zero-order valence-electron chi connectivity index (χ0n) is 15.6. The minimum absolute atomic E-state index is 0.205. The second-order valence-corrected chi connectivity index (χ2v) is 8.89. The number of para-hydroxylation sites is 1. The summed E-state index contributed by atoms with van der Waals surface area (Å²) in [6.07, 6.45) is 0.922. The first kappa shape index (κ1) is 19.5. The van der Waals surface area contributed by atoms with Gasteiger partial charge in [-0.15, -0.1) is 0 Å². The lowest BCUT2D eigenvalue weighted by Gasteiger charge is -2.22. The highest BCUT2D eigenvalue weighted by atomic mass is 32.2. The topological polar surface area (TPSA) is 95.7 Å². The molecule has 1 N–H and O–H groups in total. The Labute approximate surface area is 159 Å². The first-order valence-electron chi connectivity index (χ1n) is 8.83. The van der Waals surface area contributed by atoms with Gasteiger partial charge < -0.3 is 5.11 Å². The molecule has 0 radical (unpaired) electrons. The van der Waals surface area contributed by atoms with Crippen LogP contribution in [0.1, 0.15) is 38.6 Å². The number of amides is 1. The Balaban J connectivity index is 1.94. The molecule has 2 unspecified atom stereocenters. The van der Waals surface area contributed by atoms with Crippen molar-refractivity contribution in [2.24, 2.45) is 5.92 Å². The highest BCUT2D eigenvalue weighted by Crippen LogP contribution is 2.33. The molecule has 0 bridgehead atoms. The van der Waals surface area contributed by atoms with Crippen molar-refractivity contribution in [3.8, 4) is 5.69 Å². The summed E-state index contributed by atoms with van der Waals surface area (Å²) < 4.78 is 28.6. The molecule has 0 saturated carbocycles. The molecule has 2 heterocycles. The maximum absolute atomic E-state index is 12.8. The molecule has 1 aliphatic heterocycles. The second kappa shape index (κ2) is 7.41. The van der Waals surface area contributed by atoms with Gasteiger partial charge in [0.1, 0.15) is 6.04 Å². The number of benzene rings is 1. The van der Waals surface area contributed by atoms with E-state index in [-0.39, 0.29) is 5.69 Å². The monoisotopic (exact) mass is 392 g/mol. The van der Waals surface area contributed by atoms with E-state index in [1.807, 2.05) is 19.9 Å². The van der Waals surface area contributed by atoms with E-state index in [9.17, 15) is 18.3 Å². The Morgan fingerprint density at radius 3 is 2.48 bits per heavy atom. The van der Waals surface area contributed by atoms with Gasteiger partial charge in [0.05, 0.1) is 11.4 Å². The third kappa shape index (κ3) is 3.50. The van der Waals surface area contributed by atoms with Crippen LogP contribution in [0.5, 0.6) is 0 Å². The SMILES string of the molecule is CC(C)CCC1C(=O)N(C(O)c2ccnn2-c2ccccc2)S(=O)(=O)N1C. The van der Waals surface area contributed by atoms with E-state index in [1.165, 1.54) is 24.0 Å². The van der Waals surface area contributed by atoms with Crippen LogP contribution in [0.4, 0.5) is 0 Å². The maximum atomic E-state index is 12.8. The van der Waals surface area contributed by atoms with Crippen molar-refractivity contribution in [1.82, 2.24) is 18.4 Å². The van der Waals surface area contributed by atoms with Gasteiger partial charge >= 0.3 is 10.2 Å². The number of hydrogen-bond acceptors (Lipinski definition) is 5. The van der Waals surface area contributed by atoms with Crippen LogP contribution in [-0.4, -0.2) is 50.9 Å². The van der Waals surface area contributed by atoms with Gasteiger partial charge in [0.2, 0.25) is 0 Å². The largest absolute Gasteiger partial charge is 0.367 e. The summed E-state index contributed by atoms with van der Waals surface area (Å²) in [6, 6.07) is 9.71. The predicted molar refractivity (Wildman–Crippen MR) is 99.9 cm³/mol. The van der Waals surface area contributed by atoms with Crippen molar-refractivity contribution in [1.29, 1.82) is 0 Å². The van der Waals surface area contributed by atoms with Crippen molar-refractivity contribution in [2.75, 3.05) is 7.05 Å². The highest BCUT2D eigenvalue weighted by molar-refractivity contribution is 7.87. The van der Waals surface area contributed by atoms with Gasteiger partial charge in [-0.3, -0.25) is 4.79 Å². The summed E-state index contributed by atoms with van der Waals surface area (Å²) in [5, 5.41) is 15.0. The lowest BCUT2D eigenvalue weighted by Crippen LogP contribution is -2.37. The number of aliphatic hydroxyl groups is 1. The Morgan fingerprint density at radius 2 is 1.85 bits per heavy atom. The minimum Gasteiger partial charge on any atom is -0.367 e. The third-order valence-electron chi connectivity index (χ3n) is 4.73. The summed E-state index contributed by atoms with van der Waals surface area (Å²) in [5.41, 5.74) is 0.862. The zero-order chi connectivity index (χ0) is 19.8. The van der Waals surface area contributed by atoms with Crippen molar-refractivity contribution in [3.05, 3.63) is 48.3 Å². The fourth-order valence-corrected chi connectivity index (χ4v) is 4.68. The lowest BCUT2D eigenvalue weighted by molar-refractivity contribution is -0.134. The summed E-state index contributed by atoms with van der Waals surface area (Å²) in [7, 11) is -2.74. The molecule has 1 aliphatic rings. The van der Waals surface area contributed by atoms with Crippen molar-refractivity contribution >= 4 is 16.1 Å². The maximum Gasteiger partial charge on any atom is 0.309 e. The third-order valence-corrected chi connectivity index (χ3v) is 6.59. The second-order valence-electron chi connectivity index (χ2n) is 7.02. The first-order chi connectivity index (χ1) is 12.7. The highest BCUT2D eigenvalue weighted by Gasteiger charge is 2.51. The molecular formula is C18H24N4O4S. The lowest BCUT2D eigenvalue weighted by atomic mass is 10.0. The summed E-state index contributed by atoms with van der Waals surface area (Å²) in [5.74, 6) is -0.279. The van der Waals surface area contributed by atoms with Gasteiger partial charge in [-0.1, -0.05) is 32.0 Å². The van der Waals surface area contributed by atoms with Crippen LogP contribution in [0.15, 0.2) is 42.6 Å². The van der Waals surface area contributed by atoms with E-state index in [0.29, 0.717) is 28.8 Å². The molecule has 2 aromatic rings. The van der Waals surface area contributed by atoms with Crippen molar-refractivity contribution in [3.63, 3.8) is 0 Å². The predicted octanol–water partition coefficient (Wildman–Crippen LogP) is 1.69. The van der Waals surface area contributed by atoms with E-state index in [0.717, 1.165) is 4.31 Å². The van der Waals surface area contributed by atoms with E-state index in [4.69, 9.17) is 0 Å². The van der Waals surface area contributed by atoms with Crippen LogP contribution in [0.2, 0.25) is 0 Å². The van der Waals surface area contributed by atoms with Gasteiger partial charge in [-0.05, 0) is 37.0 Å². The number of nitrogens with zero attached hydrogens (tertiary/aromatic N) is 4. The number of likely N-dealkylation sites (N-methyl/N-ethyl adjacent to an activating group) is 1. The molecule has 1 aromatic heterocycles. The van der Waals surface area contributed by atoms with E-state index >= 15 is 0 Å². The van der Waals surface area contributed by atoms with Gasteiger partial charge in [0.25, 0.3) is 5.91 Å². The van der Waals surface area contributed by atoms with Crippen LogP contribution < -0.4 is 0 Å². The molecule has 1 fully saturated rings. The Hall–Kier alpha value is -2.23. The van der Waals surface area contributed by atoms with Gasteiger partial charge in [-0.2, -0.15) is 22.1 Å². The smallest absolute Gasteiger partial charge is 0.309 e. The van der Waals surface area contributed by atoms with Crippen LogP contribution in [-0.2, 0) is 15.0 Å². The Bertz CT molecular complexity index is 910. The minimum atomic E-state index is -4.11. The molecular weight excluding hydrogens is 368 g/mol. The van der Waals surface area contributed by atoms with Crippen molar-refractivity contribution < 1.29 is 18.3 Å². The van der Waals surface area contributed by atoms with Crippen molar-refractivity contribution in [2.45, 2.75) is 39.0 Å². The average molecular weight is 392 g/mol. The fraction of sp³-hybridized carbons (Fsp3) is 0.444. The summed E-state index contributed by atoms with van der Waals surface area (Å²) >= 11 is 0. The molecule has 1 amide bonds. The van der Waals surface area contributed by atoms with Gasteiger partial charge in [0.15, 0.2) is 6.23 Å². The number of aromatic nitrogens is 2. The molecule has 27 heavy (non-hydrogen) atoms. The average Bonchev–Trinajstić information content (AvgIpc) is 3.17. The molecule has 146 valence electrons. The number of rotatable bonds is 6. The van der Waals surface area contributed by atoms with Crippen LogP contribution in [0.3, 0.4) is 0 Å². The molecule has 1 saturated heterocycles. The normalized spacial score (nSPS) is 21.1. The molecule has 0 aliphatic carbocycles. The van der Waals surface area contributed by atoms with E-state index < -0.39 is 28.4 Å². The standard InChI is InChI=1S/C18H24N4O4S/c1-13(2)9-10-15-17(23)22(27(25,26)20(15)3)18(24)16-11-12-19-21(16)14-7-5-4-6-8-14/h4-8,11-13,15,18,24H,9-10H2,1-3H3. The molecule has 0 spiro atoms. The Morgan fingerprint density at radius 1 is 1.19 bits per heavy atom. The van der Waals surface area contributed by atoms with E-state index in [2.05, 4.69) is 5.10 Å². The van der Waals surface area contributed by atoms with Crippen LogP contribution >= 0.6 is 0 Å². The van der Waals surface area contributed by atoms with Gasteiger partial charge in [0, 0.05) is 13.2 Å².